The third kappa shape index (κ3) is 2.35. The Kier molecular flexibility index (Phi) is 3.71. The van der Waals surface area contributed by atoms with Gasteiger partial charge in [-0.2, -0.15) is 0 Å². The van der Waals surface area contributed by atoms with E-state index in [1.165, 1.54) is 26.1 Å². The highest BCUT2D eigenvalue weighted by Crippen LogP contribution is 2.24. The summed E-state index contributed by atoms with van der Waals surface area (Å²) in [6.07, 6.45) is 4.61. The molecule has 0 aromatic carbocycles. The van der Waals surface area contributed by atoms with Gasteiger partial charge in [-0.3, -0.25) is 24.3 Å². The highest BCUT2D eigenvalue weighted by molar-refractivity contribution is 7.80. The Morgan fingerprint density at radius 3 is 2.40 bits per heavy atom. The van der Waals surface area contributed by atoms with Gasteiger partial charge in [-0.25, -0.2) is 4.90 Å². The van der Waals surface area contributed by atoms with Crippen molar-refractivity contribution in [1.82, 2.24) is 14.8 Å². The van der Waals surface area contributed by atoms with Gasteiger partial charge < -0.3 is 0 Å². The Morgan fingerprint density at radius 2 is 1.90 bits per heavy atom. The number of imide groups is 1. The molecule has 7 heteroatoms. The van der Waals surface area contributed by atoms with Crippen LogP contribution in [0, 0.1) is 0 Å². The van der Waals surface area contributed by atoms with Gasteiger partial charge in [0.15, 0.2) is 5.11 Å². The number of rotatable bonds is 1. The van der Waals surface area contributed by atoms with E-state index in [0.29, 0.717) is 5.56 Å². The monoisotopic (exact) mass is 289 g/mol. The van der Waals surface area contributed by atoms with Crippen molar-refractivity contribution in [3.05, 3.63) is 35.8 Å². The van der Waals surface area contributed by atoms with E-state index in [2.05, 4.69) is 4.98 Å². The standard InChI is InChI=1S/C13H11N3O3S/c1-8(17)15-11(6-10-4-3-5-14-7-10)12(19)16(9(2)18)13(15)20/h3-7H,1-2H3/b11-6-. The van der Waals surface area contributed by atoms with Crippen LogP contribution in [0.25, 0.3) is 6.08 Å². The molecular formula is C13H11N3O3S. The molecule has 0 atom stereocenters. The third-order valence-corrected chi connectivity index (χ3v) is 3.03. The number of amides is 3. The maximum Gasteiger partial charge on any atom is 0.284 e. The lowest BCUT2D eigenvalue weighted by Crippen LogP contribution is -2.37. The van der Waals surface area contributed by atoms with Gasteiger partial charge in [0, 0.05) is 26.2 Å². The van der Waals surface area contributed by atoms with Crippen LogP contribution in [-0.2, 0) is 14.4 Å². The van der Waals surface area contributed by atoms with Crippen molar-refractivity contribution in [2.45, 2.75) is 13.8 Å². The average Bonchev–Trinajstić information content (AvgIpc) is 2.62. The Balaban J connectivity index is 2.52. The second-order valence-corrected chi connectivity index (χ2v) is 4.48. The van der Waals surface area contributed by atoms with E-state index in [-0.39, 0.29) is 10.8 Å². The van der Waals surface area contributed by atoms with Crippen LogP contribution in [-0.4, -0.2) is 37.6 Å². The van der Waals surface area contributed by atoms with Gasteiger partial charge in [0.1, 0.15) is 5.70 Å². The lowest BCUT2D eigenvalue weighted by atomic mass is 10.2. The topological polar surface area (TPSA) is 70.6 Å². The van der Waals surface area contributed by atoms with E-state index in [9.17, 15) is 14.4 Å². The second-order valence-electron chi connectivity index (χ2n) is 4.11. The molecule has 2 heterocycles. The number of thiocarbonyl (C=S) groups is 1. The third-order valence-electron chi connectivity index (χ3n) is 2.66. The summed E-state index contributed by atoms with van der Waals surface area (Å²) in [5.41, 5.74) is 0.681. The highest BCUT2D eigenvalue weighted by Gasteiger charge is 2.42. The lowest BCUT2D eigenvalue weighted by Gasteiger charge is -2.14. The van der Waals surface area contributed by atoms with E-state index in [0.717, 1.165) is 9.80 Å². The zero-order valence-corrected chi connectivity index (χ0v) is 11.7. The minimum atomic E-state index is -0.610. The molecule has 1 aliphatic heterocycles. The molecule has 6 nitrogen and oxygen atoms in total. The van der Waals surface area contributed by atoms with Crippen molar-refractivity contribution in [2.24, 2.45) is 0 Å². The molecule has 0 radical (unpaired) electrons. The first kappa shape index (κ1) is 14.0. The fourth-order valence-electron chi connectivity index (χ4n) is 1.83. The van der Waals surface area contributed by atoms with Gasteiger partial charge in [0.2, 0.25) is 11.8 Å². The molecule has 1 aromatic rings. The van der Waals surface area contributed by atoms with E-state index >= 15 is 0 Å². The van der Waals surface area contributed by atoms with Crippen LogP contribution in [0.15, 0.2) is 30.2 Å². The van der Waals surface area contributed by atoms with Gasteiger partial charge in [-0.05, 0) is 29.9 Å². The predicted molar refractivity (Wildman–Crippen MR) is 74.9 cm³/mol. The molecule has 0 N–H and O–H groups in total. The van der Waals surface area contributed by atoms with Crippen LogP contribution < -0.4 is 0 Å². The fraction of sp³-hybridized carbons (Fsp3) is 0.154. The highest BCUT2D eigenvalue weighted by atomic mass is 32.1. The molecule has 0 unspecified atom stereocenters. The Hall–Kier alpha value is -2.41. The van der Waals surface area contributed by atoms with Crippen LogP contribution in [0.4, 0.5) is 0 Å². The van der Waals surface area contributed by atoms with Crippen LogP contribution in [0.2, 0.25) is 0 Å². The maximum absolute atomic E-state index is 12.2. The molecule has 1 fully saturated rings. The Bertz CT molecular complexity index is 640. The fourth-order valence-corrected chi connectivity index (χ4v) is 2.27. The molecule has 0 bridgehead atoms. The van der Waals surface area contributed by atoms with E-state index in [1.807, 2.05) is 0 Å². The van der Waals surface area contributed by atoms with Gasteiger partial charge >= 0.3 is 0 Å². The number of hydrogen-bond acceptors (Lipinski definition) is 5. The van der Waals surface area contributed by atoms with Crippen LogP contribution in [0.1, 0.15) is 19.4 Å². The largest absolute Gasteiger partial charge is 0.284 e. The summed E-state index contributed by atoms with van der Waals surface area (Å²) in [4.78, 5) is 41.1. The molecule has 0 aliphatic carbocycles. The summed E-state index contributed by atoms with van der Waals surface area (Å²) in [5, 5.41) is -0.120. The van der Waals surface area contributed by atoms with E-state index < -0.39 is 17.7 Å². The number of hydrogen-bond donors (Lipinski definition) is 0. The minimum absolute atomic E-state index is 0.0469. The van der Waals surface area contributed by atoms with Gasteiger partial charge in [-0.1, -0.05) is 6.07 Å². The van der Waals surface area contributed by atoms with Crippen molar-refractivity contribution >= 4 is 41.1 Å². The van der Waals surface area contributed by atoms with Gasteiger partial charge in [0.25, 0.3) is 5.91 Å². The van der Waals surface area contributed by atoms with Crippen LogP contribution in [0.3, 0.4) is 0 Å². The summed E-state index contributed by atoms with van der Waals surface area (Å²) in [6.45, 7) is 2.50. The predicted octanol–water partition coefficient (Wildman–Crippen LogP) is 0.945. The molecule has 0 saturated carbocycles. The SMILES string of the molecule is CC(=O)N1C(=O)/C(=C/c2cccnc2)N(C(C)=O)C1=S. The molecule has 1 aliphatic rings. The smallest absolute Gasteiger partial charge is 0.274 e. The summed E-state index contributed by atoms with van der Waals surface area (Å²) in [5.74, 6) is -1.57. The van der Waals surface area contributed by atoms with Crippen molar-refractivity contribution in [2.75, 3.05) is 0 Å². The van der Waals surface area contributed by atoms with Crippen LogP contribution >= 0.6 is 12.2 Å². The number of aromatic nitrogens is 1. The zero-order chi connectivity index (χ0) is 14.9. The Morgan fingerprint density at radius 1 is 1.25 bits per heavy atom. The van der Waals surface area contributed by atoms with Gasteiger partial charge in [-0.15, -0.1) is 0 Å². The quantitative estimate of drug-likeness (QED) is 0.568. The zero-order valence-electron chi connectivity index (χ0n) is 10.9. The van der Waals surface area contributed by atoms with Crippen molar-refractivity contribution in [3.8, 4) is 0 Å². The first-order chi connectivity index (χ1) is 9.43. The summed E-state index contributed by atoms with van der Waals surface area (Å²) >= 11 is 5.02. The first-order valence-corrected chi connectivity index (χ1v) is 6.15. The number of carbonyl (C=O) groups excluding carboxylic acids is 3. The average molecular weight is 289 g/mol. The minimum Gasteiger partial charge on any atom is -0.274 e. The molecule has 20 heavy (non-hydrogen) atoms. The van der Waals surface area contributed by atoms with E-state index in [4.69, 9.17) is 12.2 Å². The number of carbonyl (C=O) groups is 3. The molecule has 1 saturated heterocycles. The summed E-state index contributed by atoms with van der Waals surface area (Å²) in [6, 6.07) is 3.43. The second kappa shape index (κ2) is 5.30. The van der Waals surface area contributed by atoms with Crippen molar-refractivity contribution in [1.29, 1.82) is 0 Å². The molecule has 102 valence electrons. The van der Waals surface area contributed by atoms with E-state index in [1.54, 1.807) is 18.3 Å². The van der Waals surface area contributed by atoms with Crippen molar-refractivity contribution in [3.63, 3.8) is 0 Å². The first-order valence-electron chi connectivity index (χ1n) is 5.75. The number of pyridine rings is 1. The molecule has 3 amide bonds. The summed E-state index contributed by atoms with van der Waals surface area (Å²) in [7, 11) is 0. The molecule has 0 spiro atoms. The molecule has 1 aromatic heterocycles. The lowest BCUT2D eigenvalue weighted by molar-refractivity contribution is -0.135. The summed E-state index contributed by atoms with van der Waals surface area (Å²) < 4.78 is 0. The Labute approximate surface area is 120 Å². The normalized spacial score (nSPS) is 17.0. The van der Waals surface area contributed by atoms with Gasteiger partial charge in [0.05, 0.1) is 0 Å². The van der Waals surface area contributed by atoms with Crippen molar-refractivity contribution < 1.29 is 14.4 Å². The molecule has 2 rings (SSSR count). The number of nitrogens with zero attached hydrogens (tertiary/aromatic N) is 3. The molecular weight excluding hydrogens is 278 g/mol. The maximum atomic E-state index is 12.2. The van der Waals surface area contributed by atoms with Crippen LogP contribution in [0.5, 0.6) is 0 Å².